The molecule has 0 saturated carbocycles. The highest BCUT2D eigenvalue weighted by molar-refractivity contribution is 5.89. The van der Waals surface area contributed by atoms with E-state index in [9.17, 15) is 9.59 Å². The van der Waals surface area contributed by atoms with Crippen LogP contribution in [0.25, 0.3) is 0 Å². The number of nitrogens with one attached hydrogen (secondary N) is 1. The summed E-state index contributed by atoms with van der Waals surface area (Å²) in [7, 11) is 0. The number of hydrogen-bond acceptors (Lipinski definition) is 3. The van der Waals surface area contributed by atoms with Gasteiger partial charge >= 0.3 is 6.03 Å². The fraction of sp³-hybridized carbons (Fsp3) is 0.417. The van der Waals surface area contributed by atoms with Crippen LogP contribution in [0.4, 0.5) is 10.5 Å². The SMILES string of the molecule is CC(=O)N1CCN(C(=O)Nc2ccncc2)CC1. The van der Waals surface area contributed by atoms with E-state index in [1.54, 1.807) is 41.2 Å². The summed E-state index contributed by atoms with van der Waals surface area (Å²) >= 11 is 0. The number of rotatable bonds is 1. The third kappa shape index (κ3) is 2.97. The van der Waals surface area contributed by atoms with Crippen molar-refractivity contribution in [1.29, 1.82) is 0 Å². The van der Waals surface area contributed by atoms with Gasteiger partial charge in [0, 0.05) is 51.2 Å². The molecule has 0 unspecified atom stereocenters. The predicted octanol–water partition coefficient (Wildman–Crippen LogP) is 0.778. The van der Waals surface area contributed by atoms with Gasteiger partial charge in [-0.1, -0.05) is 0 Å². The largest absolute Gasteiger partial charge is 0.339 e. The molecule has 96 valence electrons. The minimum Gasteiger partial charge on any atom is -0.339 e. The van der Waals surface area contributed by atoms with E-state index in [0.29, 0.717) is 26.2 Å². The van der Waals surface area contributed by atoms with E-state index in [2.05, 4.69) is 10.3 Å². The number of piperazine rings is 1. The van der Waals surface area contributed by atoms with Gasteiger partial charge in [0.2, 0.25) is 5.91 Å². The number of hydrogen-bond donors (Lipinski definition) is 1. The van der Waals surface area contributed by atoms with E-state index in [1.165, 1.54) is 0 Å². The molecule has 2 rings (SSSR count). The van der Waals surface area contributed by atoms with Gasteiger partial charge in [-0.05, 0) is 12.1 Å². The fourth-order valence-electron chi connectivity index (χ4n) is 1.86. The lowest BCUT2D eigenvalue weighted by Crippen LogP contribution is -2.51. The zero-order valence-corrected chi connectivity index (χ0v) is 10.3. The lowest BCUT2D eigenvalue weighted by Gasteiger charge is -2.34. The van der Waals surface area contributed by atoms with Crippen LogP contribution in [0.3, 0.4) is 0 Å². The predicted molar refractivity (Wildman–Crippen MR) is 67.1 cm³/mol. The van der Waals surface area contributed by atoms with Gasteiger partial charge in [-0.25, -0.2) is 4.79 Å². The second-order valence-corrected chi connectivity index (χ2v) is 4.16. The van der Waals surface area contributed by atoms with Crippen LogP contribution in [0.15, 0.2) is 24.5 Å². The van der Waals surface area contributed by atoms with Crippen molar-refractivity contribution < 1.29 is 9.59 Å². The Kier molecular flexibility index (Phi) is 3.76. The van der Waals surface area contributed by atoms with E-state index in [0.717, 1.165) is 5.69 Å². The molecule has 1 aromatic heterocycles. The summed E-state index contributed by atoms with van der Waals surface area (Å²) in [6.07, 6.45) is 3.26. The van der Waals surface area contributed by atoms with Crippen molar-refractivity contribution in [2.45, 2.75) is 6.92 Å². The van der Waals surface area contributed by atoms with Gasteiger partial charge in [0.15, 0.2) is 0 Å². The molecule has 0 bridgehead atoms. The Morgan fingerprint density at radius 3 is 2.22 bits per heavy atom. The van der Waals surface area contributed by atoms with E-state index in [1.807, 2.05) is 0 Å². The van der Waals surface area contributed by atoms with Crippen molar-refractivity contribution in [3.8, 4) is 0 Å². The van der Waals surface area contributed by atoms with Crippen LogP contribution < -0.4 is 5.32 Å². The van der Waals surface area contributed by atoms with Crippen molar-refractivity contribution in [2.75, 3.05) is 31.5 Å². The third-order valence-corrected chi connectivity index (χ3v) is 2.94. The normalized spacial score (nSPS) is 15.4. The summed E-state index contributed by atoms with van der Waals surface area (Å²) in [6, 6.07) is 3.34. The van der Waals surface area contributed by atoms with Gasteiger partial charge in [0.1, 0.15) is 0 Å². The first-order valence-electron chi connectivity index (χ1n) is 5.88. The number of amides is 3. The average Bonchev–Trinajstić information content (AvgIpc) is 2.40. The Morgan fingerprint density at radius 1 is 1.11 bits per heavy atom. The van der Waals surface area contributed by atoms with E-state index >= 15 is 0 Å². The molecule has 1 aliphatic rings. The Balaban J connectivity index is 1.86. The maximum absolute atomic E-state index is 11.9. The van der Waals surface area contributed by atoms with Crippen molar-refractivity contribution >= 4 is 17.6 Å². The molecule has 1 aromatic rings. The van der Waals surface area contributed by atoms with Crippen LogP contribution >= 0.6 is 0 Å². The van der Waals surface area contributed by atoms with E-state index < -0.39 is 0 Å². The average molecular weight is 248 g/mol. The number of anilines is 1. The molecular weight excluding hydrogens is 232 g/mol. The van der Waals surface area contributed by atoms with Crippen molar-refractivity contribution in [1.82, 2.24) is 14.8 Å². The number of carbonyl (C=O) groups is 2. The Bertz CT molecular complexity index is 427. The highest BCUT2D eigenvalue weighted by Crippen LogP contribution is 2.07. The van der Waals surface area contributed by atoms with Crippen LogP contribution in [0, 0.1) is 0 Å². The molecule has 1 N–H and O–H groups in total. The molecule has 3 amide bonds. The summed E-state index contributed by atoms with van der Waals surface area (Å²) < 4.78 is 0. The topological polar surface area (TPSA) is 65.5 Å². The summed E-state index contributed by atoms with van der Waals surface area (Å²) in [4.78, 5) is 30.4. The molecular formula is C12H16N4O2. The second-order valence-electron chi connectivity index (χ2n) is 4.16. The van der Waals surface area contributed by atoms with Gasteiger partial charge in [-0.2, -0.15) is 0 Å². The van der Waals surface area contributed by atoms with Crippen LogP contribution in [0.2, 0.25) is 0 Å². The van der Waals surface area contributed by atoms with Gasteiger partial charge < -0.3 is 15.1 Å². The lowest BCUT2D eigenvalue weighted by molar-refractivity contribution is -0.130. The smallest absolute Gasteiger partial charge is 0.321 e. The first kappa shape index (κ1) is 12.3. The molecule has 0 aromatic carbocycles. The number of urea groups is 1. The van der Waals surface area contributed by atoms with Gasteiger partial charge in [-0.3, -0.25) is 9.78 Å². The molecule has 0 radical (unpaired) electrons. The summed E-state index contributed by atoms with van der Waals surface area (Å²) in [5.74, 6) is 0.0594. The molecule has 18 heavy (non-hydrogen) atoms. The van der Waals surface area contributed by atoms with Crippen molar-refractivity contribution in [3.63, 3.8) is 0 Å². The maximum Gasteiger partial charge on any atom is 0.321 e. The second kappa shape index (κ2) is 5.48. The number of pyridine rings is 1. The first-order valence-corrected chi connectivity index (χ1v) is 5.88. The highest BCUT2D eigenvalue weighted by atomic mass is 16.2. The van der Waals surface area contributed by atoms with Gasteiger partial charge in [0.25, 0.3) is 0 Å². The highest BCUT2D eigenvalue weighted by Gasteiger charge is 2.22. The number of aromatic nitrogens is 1. The van der Waals surface area contributed by atoms with Gasteiger partial charge in [-0.15, -0.1) is 0 Å². The number of nitrogens with zero attached hydrogens (tertiary/aromatic N) is 3. The van der Waals surface area contributed by atoms with E-state index in [-0.39, 0.29) is 11.9 Å². The first-order chi connectivity index (χ1) is 8.66. The molecule has 0 atom stereocenters. The summed E-state index contributed by atoms with van der Waals surface area (Å²) in [5, 5.41) is 2.80. The maximum atomic E-state index is 11.9. The fourth-order valence-corrected chi connectivity index (χ4v) is 1.86. The van der Waals surface area contributed by atoms with Crippen LogP contribution in [-0.4, -0.2) is 52.9 Å². The van der Waals surface area contributed by atoms with Crippen molar-refractivity contribution in [2.24, 2.45) is 0 Å². The van der Waals surface area contributed by atoms with Crippen LogP contribution in [0.5, 0.6) is 0 Å². The molecule has 1 fully saturated rings. The standard InChI is InChI=1S/C12H16N4O2/c1-10(17)15-6-8-16(9-7-15)12(18)14-11-2-4-13-5-3-11/h2-5H,6-9H2,1H3,(H,13,14,18). The summed E-state index contributed by atoms with van der Waals surface area (Å²) in [6.45, 7) is 3.87. The lowest BCUT2D eigenvalue weighted by atomic mass is 10.3. The molecule has 1 aliphatic heterocycles. The molecule has 0 spiro atoms. The molecule has 1 saturated heterocycles. The molecule has 2 heterocycles. The van der Waals surface area contributed by atoms with Crippen molar-refractivity contribution in [3.05, 3.63) is 24.5 Å². The molecule has 6 heteroatoms. The Morgan fingerprint density at radius 2 is 1.67 bits per heavy atom. The quantitative estimate of drug-likeness (QED) is 0.798. The Hall–Kier alpha value is -2.11. The number of carbonyl (C=O) groups excluding carboxylic acids is 2. The zero-order valence-electron chi connectivity index (χ0n) is 10.3. The summed E-state index contributed by atoms with van der Waals surface area (Å²) in [5.41, 5.74) is 0.726. The zero-order chi connectivity index (χ0) is 13.0. The minimum atomic E-state index is -0.135. The van der Waals surface area contributed by atoms with Crippen LogP contribution in [0.1, 0.15) is 6.92 Å². The third-order valence-electron chi connectivity index (χ3n) is 2.94. The minimum absolute atomic E-state index is 0.0594. The monoisotopic (exact) mass is 248 g/mol. The molecule has 6 nitrogen and oxygen atoms in total. The molecule has 0 aliphatic carbocycles. The Labute approximate surface area is 106 Å². The van der Waals surface area contributed by atoms with E-state index in [4.69, 9.17) is 0 Å². The van der Waals surface area contributed by atoms with Crippen LogP contribution in [-0.2, 0) is 4.79 Å². The van der Waals surface area contributed by atoms with Gasteiger partial charge in [0.05, 0.1) is 0 Å².